The minimum absolute atomic E-state index is 0.130. The number of ketones is 1. The third-order valence-electron chi connectivity index (χ3n) is 5.37. The number of nitrogens with zero attached hydrogens (tertiary/aromatic N) is 1. The maximum Gasteiger partial charge on any atom is 0.317 e. The molecule has 2 aliphatic rings. The van der Waals surface area contributed by atoms with E-state index in [-0.39, 0.29) is 29.6 Å². The molecule has 2 aliphatic heterocycles. The number of amides is 2. The zero-order valence-electron chi connectivity index (χ0n) is 15.2. The van der Waals surface area contributed by atoms with E-state index in [1.54, 1.807) is 17.0 Å². The van der Waals surface area contributed by atoms with Crippen molar-refractivity contribution in [2.75, 3.05) is 13.1 Å². The van der Waals surface area contributed by atoms with Gasteiger partial charge in [-0.05, 0) is 35.9 Å². The number of carbonyl (C=O) groups is 2. The number of Topliss-reactive ketones (excluding diaryl/α,β-unsaturated/α-hetero) is 1. The number of urea groups is 1. The molecule has 1 spiro atoms. The first-order valence-corrected chi connectivity index (χ1v) is 9.23. The number of halogens is 2. The molecular weight excluding hydrogens is 366 g/mol. The van der Waals surface area contributed by atoms with Crippen LogP contribution in [-0.4, -0.2) is 35.4 Å². The highest BCUT2D eigenvalue weighted by Crippen LogP contribution is 2.39. The Morgan fingerprint density at radius 1 is 1.07 bits per heavy atom. The van der Waals surface area contributed by atoms with Crippen molar-refractivity contribution in [2.24, 2.45) is 0 Å². The SMILES string of the molecule is O=C1CC2(CCN(C(=O)NCc3ccc(F)cc3)CC2)Oc2ccc(F)cc21. The molecule has 28 heavy (non-hydrogen) atoms. The molecule has 0 atom stereocenters. The Kier molecular flexibility index (Phi) is 4.75. The first-order chi connectivity index (χ1) is 13.4. The number of ether oxygens (including phenoxy) is 1. The highest BCUT2D eigenvalue weighted by atomic mass is 19.1. The van der Waals surface area contributed by atoms with Crippen LogP contribution in [0.4, 0.5) is 13.6 Å². The molecule has 0 aliphatic carbocycles. The Hall–Kier alpha value is -2.96. The third kappa shape index (κ3) is 3.69. The second kappa shape index (κ2) is 7.22. The zero-order chi connectivity index (χ0) is 19.7. The number of piperidine rings is 1. The molecule has 1 fully saturated rings. The van der Waals surface area contributed by atoms with Gasteiger partial charge in [0.2, 0.25) is 0 Å². The van der Waals surface area contributed by atoms with Gasteiger partial charge >= 0.3 is 6.03 Å². The molecule has 0 saturated carbocycles. The molecule has 0 radical (unpaired) electrons. The van der Waals surface area contributed by atoms with Gasteiger partial charge in [-0.1, -0.05) is 12.1 Å². The smallest absolute Gasteiger partial charge is 0.317 e. The van der Waals surface area contributed by atoms with Gasteiger partial charge in [0.15, 0.2) is 5.78 Å². The Bertz CT molecular complexity index is 906. The molecule has 5 nitrogen and oxygen atoms in total. The van der Waals surface area contributed by atoms with E-state index >= 15 is 0 Å². The van der Waals surface area contributed by atoms with Crippen molar-refractivity contribution in [3.05, 3.63) is 65.2 Å². The number of fused-ring (bicyclic) bond motifs is 1. The average Bonchev–Trinajstić information content (AvgIpc) is 2.69. The van der Waals surface area contributed by atoms with Crippen molar-refractivity contribution in [3.63, 3.8) is 0 Å². The first kappa shape index (κ1) is 18.4. The minimum Gasteiger partial charge on any atom is -0.486 e. The van der Waals surface area contributed by atoms with Crippen LogP contribution in [-0.2, 0) is 6.54 Å². The number of hydrogen-bond donors (Lipinski definition) is 1. The summed E-state index contributed by atoms with van der Waals surface area (Å²) in [5.74, 6) is -0.496. The van der Waals surface area contributed by atoms with E-state index in [1.807, 2.05) is 0 Å². The van der Waals surface area contributed by atoms with Crippen molar-refractivity contribution in [2.45, 2.75) is 31.4 Å². The Balaban J connectivity index is 1.35. The molecule has 0 unspecified atom stereocenters. The van der Waals surface area contributed by atoms with Crippen molar-refractivity contribution >= 4 is 11.8 Å². The summed E-state index contributed by atoms with van der Waals surface area (Å²) in [6.45, 7) is 1.23. The van der Waals surface area contributed by atoms with E-state index in [0.717, 1.165) is 5.56 Å². The second-order valence-corrected chi connectivity index (χ2v) is 7.30. The molecular formula is C21H20F2N2O3. The number of likely N-dealkylation sites (tertiary alicyclic amines) is 1. The van der Waals surface area contributed by atoms with Crippen LogP contribution < -0.4 is 10.1 Å². The van der Waals surface area contributed by atoms with Crippen LogP contribution in [0.15, 0.2) is 42.5 Å². The van der Waals surface area contributed by atoms with Gasteiger partial charge in [0.1, 0.15) is 23.0 Å². The summed E-state index contributed by atoms with van der Waals surface area (Å²) >= 11 is 0. The van der Waals surface area contributed by atoms with Crippen LogP contribution in [0.2, 0.25) is 0 Å². The van der Waals surface area contributed by atoms with E-state index in [2.05, 4.69) is 5.32 Å². The molecule has 146 valence electrons. The molecule has 7 heteroatoms. The Morgan fingerprint density at radius 2 is 1.75 bits per heavy atom. The third-order valence-corrected chi connectivity index (χ3v) is 5.37. The van der Waals surface area contributed by atoms with Crippen molar-refractivity contribution in [1.82, 2.24) is 10.2 Å². The van der Waals surface area contributed by atoms with Crippen molar-refractivity contribution in [3.8, 4) is 5.75 Å². The average molecular weight is 386 g/mol. The lowest BCUT2D eigenvalue weighted by molar-refractivity contribution is -0.000805. The van der Waals surface area contributed by atoms with Crippen LogP contribution in [0, 0.1) is 11.6 Å². The summed E-state index contributed by atoms with van der Waals surface area (Å²) in [6, 6.07) is 9.74. The maximum absolute atomic E-state index is 13.4. The molecule has 2 heterocycles. The molecule has 0 aromatic heterocycles. The van der Waals surface area contributed by atoms with Crippen LogP contribution in [0.1, 0.15) is 35.2 Å². The summed E-state index contributed by atoms with van der Waals surface area (Å²) in [5.41, 5.74) is 0.453. The van der Waals surface area contributed by atoms with Gasteiger partial charge in [0.25, 0.3) is 0 Å². The second-order valence-electron chi connectivity index (χ2n) is 7.30. The summed E-state index contributed by atoms with van der Waals surface area (Å²) in [4.78, 5) is 26.5. The molecule has 2 aromatic carbocycles. The topological polar surface area (TPSA) is 58.6 Å². The fraction of sp³-hybridized carbons (Fsp3) is 0.333. The quantitative estimate of drug-likeness (QED) is 0.857. The van der Waals surface area contributed by atoms with Gasteiger partial charge in [-0.2, -0.15) is 0 Å². The fourth-order valence-corrected chi connectivity index (χ4v) is 3.75. The van der Waals surface area contributed by atoms with Crippen molar-refractivity contribution < 1.29 is 23.1 Å². The predicted octanol–water partition coefficient (Wildman–Crippen LogP) is 3.67. The minimum atomic E-state index is -0.643. The van der Waals surface area contributed by atoms with E-state index in [1.165, 1.54) is 30.3 Å². The monoisotopic (exact) mass is 386 g/mol. The molecule has 1 N–H and O–H groups in total. The molecule has 1 saturated heterocycles. The van der Waals surface area contributed by atoms with Gasteiger partial charge in [-0.15, -0.1) is 0 Å². The molecule has 2 aromatic rings. The summed E-state index contributed by atoms with van der Waals surface area (Å²) in [6.07, 6.45) is 1.24. The summed E-state index contributed by atoms with van der Waals surface area (Å²) < 4.78 is 32.4. The van der Waals surface area contributed by atoms with Crippen molar-refractivity contribution in [1.29, 1.82) is 0 Å². The van der Waals surface area contributed by atoms with E-state index < -0.39 is 11.4 Å². The maximum atomic E-state index is 13.4. The molecule has 4 rings (SSSR count). The van der Waals surface area contributed by atoms with Gasteiger partial charge < -0.3 is 15.0 Å². The Labute approximate surface area is 161 Å². The summed E-state index contributed by atoms with van der Waals surface area (Å²) in [7, 11) is 0. The Morgan fingerprint density at radius 3 is 2.46 bits per heavy atom. The van der Waals surface area contributed by atoms with Gasteiger partial charge in [0, 0.05) is 32.5 Å². The number of carbonyl (C=O) groups excluding carboxylic acids is 2. The van der Waals surface area contributed by atoms with E-state index in [9.17, 15) is 18.4 Å². The largest absolute Gasteiger partial charge is 0.486 e. The number of rotatable bonds is 2. The van der Waals surface area contributed by atoms with Crippen LogP contribution in [0.25, 0.3) is 0 Å². The summed E-state index contributed by atoms with van der Waals surface area (Å²) in [5, 5.41) is 2.83. The predicted molar refractivity (Wildman–Crippen MR) is 98.1 cm³/mol. The van der Waals surface area contributed by atoms with Crippen LogP contribution >= 0.6 is 0 Å². The lowest BCUT2D eigenvalue weighted by Gasteiger charge is -2.43. The van der Waals surface area contributed by atoms with Crippen LogP contribution in [0.5, 0.6) is 5.75 Å². The standard InChI is InChI=1S/C21H20F2N2O3/c22-15-3-1-14(2-4-15)13-24-20(27)25-9-7-21(8-10-25)12-18(26)17-11-16(23)5-6-19(17)28-21/h1-6,11H,7-10,12-13H2,(H,24,27). The van der Waals surface area contributed by atoms with E-state index in [4.69, 9.17) is 4.74 Å². The van der Waals surface area contributed by atoms with E-state index in [0.29, 0.717) is 38.2 Å². The number of hydrogen-bond acceptors (Lipinski definition) is 3. The normalized spacial score (nSPS) is 17.8. The fourth-order valence-electron chi connectivity index (χ4n) is 3.75. The molecule has 2 amide bonds. The van der Waals surface area contributed by atoms with Gasteiger partial charge in [-0.3, -0.25) is 4.79 Å². The molecule has 0 bridgehead atoms. The van der Waals surface area contributed by atoms with Gasteiger partial charge in [0.05, 0.1) is 12.0 Å². The first-order valence-electron chi connectivity index (χ1n) is 9.23. The lowest BCUT2D eigenvalue weighted by Crippen LogP contribution is -2.54. The zero-order valence-corrected chi connectivity index (χ0v) is 15.2. The van der Waals surface area contributed by atoms with Gasteiger partial charge in [-0.25, -0.2) is 13.6 Å². The highest BCUT2D eigenvalue weighted by Gasteiger charge is 2.43. The number of nitrogens with one attached hydrogen (secondary N) is 1. The van der Waals surface area contributed by atoms with Crippen LogP contribution in [0.3, 0.4) is 0 Å². The highest BCUT2D eigenvalue weighted by molar-refractivity contribution is 6.00. The lowest BCUT2D eigenvalue weighted by atomic mass is 9.82. The number of benzene rings is 2.